The molecule has 0 fully saturated rings. The van der Waals surface area contributed by atoms with Crippen LogP contribution in [-0.4, -0.2) is 16.8 Å². The van der Waals surface area contributed by atoms with Crippen LogP contribution in [0.5, 0.6) is 5.75 Å². The fourth-order valence-corrected chi connectivity index (χ4v) is 1.67. The van der Waals surface area contributed by atoms with Gasteiger partial charge >= 0.3 is 0 Å². The quantitative estimate of drug-likeness (QED) is 0.804. The number of nitrogens with one attached hydrogen (secondary N) is 1. The van der Waals surface area contributed by atoms with E-state index in [2.05, 4.69) is 10.5 Å². The number of hydrogen-bond donors (Lipinski definition) is 2. The minimum Gasteiger partial charge on any atom is -0.494 e. The first-order chi connectivity index (χ1) is 9.33. The molecule has 0 aliphatic heterocycles. The zero-order chi connectivity index (χ0) is 13.5. The molecule has 1 heterocycles. The zero-order valence-corrected chi connectivity index (χ0v) is 10.7. The van der Waals surface area contributed by atoms with E-state index in [1.54, 1.807) is 12.4 Å². The molecule has 0 unspecified atom stereocenters. The normalized spacial score (nSPS) is 10.6. The molecule has 2 N–H and O–H groups in total. The Labute approximate surface area is 112 Å². The van der Waals surface area contributed by atoms with Crippen LogP contribution in [0.25, 0.3) is 12.2 Å². The van der Waals surface area contributed by atoms with Gasteiger partial charge in [0.25, 0.3) is 0 Å². The van der Waals surface area contributed by atoms with Gasteiger partial charge in [-0.3, -0.25) is 15.7 Å². The first-order valence-corrected chi connectivity index (χ1v) is 6.08. The summed E-state index contributed by atoms with van der Waals surface area (Å²) in [6.45, 7) is 2.62. The van der Waals surface area contributed by atoms with E-state index in [0.717, 1.165) is 16.9 Å². The number of pyridine rings is 1. The second-order valence-electron chi connectivity index (χ2n) is 3.91. The highest BCUT2D eigenvalue weighted by Crippen LogP contribution is 2.18. The van der Waals surface area contributed by atoms with Crippen molar-refractivity contribution in [1.29, 1.82) is 0 Å². The van der Waals surface area contributed by atoms with Crippen molar-refractivity contribution in [3.05, 3.63) is 53.9 Å². The molecule has 0 atom stereocenters. The molecule has 0 bridgehead atoms. The van der Waals surface area contributed by atoms with E-state index in [9.17, 15) is 0 Å². The molecule has 1 aromatic carbocycles. The van der Waals surface area contributed by atoms with Gasteiger partial charge in [0.05, 0.1) is 18.5 Å². The highest BCUT2D eigenvalue weighted by atomic mass is 16.5. The molecule has 0 saturated carbocycles. The number of aromatic nitrogens is 1. The molecular formula is C15H16N2O2. The van der Waals surface area contributed by atoms with Gasteiger partial charge in [-0.15, -0.1) is 0 Å². The second-order valence-corrected chi connectivity index (χ2v) is 3.91. The summed E-state index contributed by atoms with van der Waals surface area (Å²) in [7, 11) is 0. The Morgan fingerprint density at radius 2 is 2.00 bits per heavy atom. The van der Waals surface area contributed by atoms with Crippen molar-refractivity contribution in [2.24, 2.45) is 0 Å². The van der Waals surface area contributed by atoms with Crippen molar-refractivity contribution in [3.63, 3.8) is 0 Å². The molecule has 0 spiro atoms. The molecule has 0 aliphatic carbocycles. The Morgan fingerprint density at radius 3 is 2.68 bits per heavy atom. The highest BCUT2D eigenvalue weighted by Gasteiger charge is 1.97. The minimum absolute atomic E-state index is 0.574. The summed E-state index contributed by atoms with van der Waals surface area (Å²) in [5.41, 5.74) is 4.62. The smallest absolute Gasteiger partial charge is 0.119 e. The second kappa shape index (κ2) is 6.56. The van der Waals surface area contributed by atoms with E-state index in [1.807, 2.05) is 49.4 Å². The lowest BCUT2D eigenvalue weighted by Gasteiger charge is -2.03. The molecule has 4 nitrogen and oxygen atoms in total. The van der Waals surface area contributed by atoms with Crippen molar-refractivity contribution in [2.75, 3.05) is 12.1 Å². The maximum Gasteiger partial charge on any atom is 0.119 e. The maximum absolute atomic E-state index is 8.97. The first kappa shape index (κ1) is 13.1. The molecule has 4 heteroatoms. The minimum atomic E-state index is 0.574. The molecule has 19 heavy (non-hydrogen) atoms. The standard InChI is InChI=1S/C15H16N2O2/c1-2-19-14-7-4-12(5-8-14)3-6-13-9-10-16-11-15(13)17-18/h3-11,17-18H,2H2,1H3/b6-3+. The molecule has 0 amide bonds. The first-order valence-electron chi connectivity index (χ1n) is 6.08. The van der Waals surface area contributed by atoms with Gasteiger partial charge in [-0.2, -0.15) is 0 Å². The third kappa shape index (κ3) is 3.56. The van der Waals surface area contributed by atoms with Gasteiger partial charge in [-0.25, -0.2) is 0 Å². The Morgan fingerprint density at radius 1 is 1.21 bits per heavy atom. The Hall–Kier alpha value is -2.33. The highest BCUT2D eigenvalue weighted by molar-refractivity contribution is 5.75. The van der Waals surface area contributed by atoms with Crippen LogP contribution in [0.2, 0.25) is 0 Å². The molecule has 0 saturated heterocycles. The van der Waals surface area contributed by atoms with E-state index >= 15 is 0 Å². The predicted molar refractivity (Wildman–Crippen MR) is 76.2 cm³/mol. The van der Waals surface area contributed by atoms with Crippen LogP contribution in [0.3, 0.4) is 0 Å². The van der Waals surface area contributed by atoms with Gasteiger partial charge < -0.3 is 4.74 Å². The van der Waals surface area contributed by atoms with Crippen LogP contribution in [0, 0.1) is 0 Å². The van der Waals surface area contributed by atoms with Crippen LogP contribution >= 0.6 is 0 Å². The lowest BCUT2D eigenvalue weighted by atomic mass is 10.1. The van der Waals surface area contributed by atoms with Crippen molar-refractivity contribution in [2.45, 2.75) is 6.92 Å². The molecule has 0 aliphatic rings. The number of benzene rings is 1. The number of rotatable bonds is 5. The maximum atomic E-state index is 8.97. The summed E-state index contributed by atoms with van der Waals surface area (Å²) in [6, 6.07) is 9.65. The average Bonchev–Trinajstić information content (AvgIpc) is 2.47. The van der Waals surface area contributed by atoms with Crippen LogP contribution in [-0.2, 0) is 0 Å². The van der Waals surface area contributed by atoms with E-state index in [-0.39, 0.29) is 0 Å². The number of ether oxygens (including phenoxy) is 1. The number of anilines is 1. The third-order valence-corrected chi connectivity index (χ3v) is 2.62. The number of hydrogen-bond acceptors (Lipinski definition) is 4. The van der Waals surface area contributed by atoms with E-state index in [0.29, 0.717) is 12.3 Å². The Balaban J connectivity index is 2.13. The molecule has 0 radical (unpaired) electrons. The van der Waals surface area contributed by atoms with E-state index in [4.69, 9.17) is 9.94 Å². The molecule has 98 valence electrons. The average molecular weight is 256 g/mol. The summed E-state index contributed by atoms with van der Waals surface area (Å²) in [5.74, 6) is 0.862. The van der Waals surface area contributed by atoms with Gasteiger partial charge in [0.15, 0.2) is 0 Å². The van der Waals surface area contributed by atoms with Crippen molar-refractivity contribution in [3.8, 4) is 5.75 Å². The van der Waals surface area contributed by atoms with Crippen molar-refractivity contribution < 1.29 is 9.94 Å². The summed E-state index contributed by atoms with van der Waals surface area (Å²) in [4.78, 5) is 3.93. The predicted octanol–water partition coefficient (Wildman–Crippen LogP) is 3.45. The van der Waals surface area contributed by atoms with Gasteiger partial charge in [0.2, 0.25) is 0 Å². The summed E-state index contributed by atoms with van der Waals surface area (Å²) < 4.78 is 5.38. The fraction of sp³-hybridized carbons (Fsp3) is 0.133. The van der Waals surface area contributed by atoms with Crippen LogP contribution in [0.1, 0.15) is 18.1 Å². The molecular weight excluding hydrogens is 240 g/mol. The largest absolute Gasteiger partial charge is 0.494 e. The Bertz CT molecular complexity index is 550. The van der Waals surface area contributed by atoms with Gasteiger partial charge in [-0.1, -0.05) is 24.3 Å². The van der Waals surface area contributed by atoms with E-state index < -0.39 is 0 Å². The lowest BCUT2D eigenvalue weighted by Crippen LogP contribution is -1.92. The van der Waals surface area contributed by atoms with E-state index in [1.165, 1.54) is 0 Å². The summed E-state index contributed by atoms with van der Waals surface area (Å²) >= 11 is 0. The zero-order valence-electron chi connectivity index (χ0n) is 10.7. The lowest BCUT2D eigenvalue weighted by molar-refractivity contribution is 0.340. The summed E-state index contributed by atoms with van der Waals surface area (Å²) in [5, 5.41) is 8.97. The SMILES string of the molecule is CCOc1ccc(/C=C/c2ccncc2NO)cc1. The van der Waals surface area contributed by atoms with Gasteiger partial charge in [0, 0.05) is 11.8 Å². The van der Waals surface area contributed by atoms with Crippen molar-refractivity contribution >= 4 is 17.8 Å². The third-order valence-electron chi connectivity index (χ3n) is 2.62. The monoisotopic (exact) mass is 256 g/mol. The molecule has 2 rings (SSSR count). The fourth-order valence-electron chi connectivity index (χ4n) is 1.67. The van der Waals surface area contributed by atoms with Gasteiger partial charge in [0.1, 0.15) is 5.75 Å². The summed E-state index contributed by atoms with van der Waals surface area (Å²) in [6.07, 6.45) is 7.12. The molecule has 2 aromatic rings. The molecule has 1 aromatic heterocycles. The van der Waals surface area contributed by atoms with Crippen LogP contribution in [0.15, 0.2) is 42.7 Å². The van der Waals surface area contributed by atoms with Gasteiger partial charge in [-0.05, 0) is 30.7 Å². The van der Waals surface area contributed by atoms with Crippen molar-refractivity contribution in [1.82, 2.24) is 4.98 Å². The van der Waals surface area contributed by atoms with Crippen LogP contribution < -0.4 is 10.2 Å². The topological polar surface area (TPSA) is 54.4 Å². The Kier molecular flexibility index (Phi) is 4.53. The number of nitrogens with zero attached hydrogens (tertiary/aromatic N) is 1. The van der Waals surface area contributed by atoms with Crippen LogP contribution in [0.4, 0.5) is 5.69 Å².